The van der Waals surface area contributed by atoms with Gasteiger partial charge in [0.15, 0.2) is 5.78 Å². The van der Waals surface area contributed by atoms with Crippen LogP contribution in [0.1, 0.15) is 50.2 Å². The zero-order chi connectivity index (χ0) is 25.1. The van der Waals surface area contributed by atoms with Crippen molar-refractivity contribution in [2.75, 3.05) is 20.3 Å². The van der Waals surface area contributed by atoms with Crippen LogP contribution in [0.3, 0.4) is 0 Å². The Hall–Kier alpha value is -3.39. The molecular formula is C27H29NO6S. The zero-order valence-corrected chi connectivity index (χ0v) is 21.1. The molecule has 0 bridgehead atoms. The summed E-state index contributed by atoms with van der Waals surface area (Å²) in [7, 11) is 1.58. The number of esters is 2. The number of Topliss-reactive ketones (excluding diaryl/α,β-unsaturated/α-hetero) is 1. The molecule has 184 valence electrons. The number of carbonyl (C=O) groups is 3. The van der Waals surface area contributed by atoms with Gasteiger partial charge in [-0.05, 0) is 67.3 Å². The van der Waals surface area contributed by atoms with Crippen LogP contribution in [0, 0.1) is 5.92 Å². The van der Waals surface area contributed by atoms with Crippen molar-refractivity contribution >= 4 is 29.1 Å². The number of hydrogen-bond donors (Lipinski definition) is 1. The van der Waals surface area contributed by atoms with Gasteiger partial charge in [-0.1, -0.05) is 12.1 Å². The number of benzene rings is 1. The summed E-state index contributed by atoms with van der Waals surface area (Å²) in [5, 5.41) is 7.14. The van der Waals surface area contributed by atoms with Gasteiger partial charge in [-0.2, -0.15) is 11.3 Å². The van der Waals surface area contributed by atoms with Gasteiger partial charge in [0.1, 0.15) is 11.7 Å². The number of rotatable bonds is 7. The Labute approximate surface area is 208 Å². The van der Waals surface area contributed by atoms with Gasteiger partial charge in [-0.3, -0.25) is 9.59 Å². The van der Waals surface area contributed by atoms with Gasteiger partial charge in [0.25, 0.3) is 0 Å². The van der Waals surface area contributed by atoms with Crippen LogP contribution in [0.2, 0.25) is 0 Å². The fraction of sp³-hybridized carbons (Fsp3) is 0.370. The van der Waals surface area contributed by atoms with Gasteiger partial charge in [0, 0.05) is 28.8 Å². The van der Waals surface area contributed by atoms with E-state index in [1.807, 2.05) is 48.0 Å². The molecule has 3 atom stereocenters. The molecule has 4 rings (SSSR count). The average molecular weight is 496 g/mol. The predicted molar refractivity (Wildman–Crippen MR) is 132 cm³/mol. The molecule has 35 heavy (non-hydrogen) atoms. The number of methoxy groups -OCH3 is 1. The lowest BCUT2D eigenvalue weighted by Crippen LogP contribution is -2.43. The average Bonchev–Trinajstić information content (AvgIpc) is 3.38. The maximum atomic E-state index is 14.2. The number of nitrogens with one attached hydrogen (secondary N) is 1. The fourth-order valence-electron chi connectivity index (χ4n) is 4.97. The highest BCUT2D eigenvalue weighted by atomic mass is 32.1. The van der Waals surface area contributed by atoms with Gasteiger partial charge in [0.05, 0.1) is 25.9 Å². The number of hydrogen-bond acceptors (Lipinski definition) is 8. The normalized spacial score (nSPS) is 21.8. The lowest BCUT2D eigenvalue weighted by Gasteiger charge is -2.39. The third kappa shape index (κ3) is 4.62. The molecule has 0 amide bonds. The first-order valence-electron chi connectivity index (χ1n) is 11.7. The maximum Gasteiger partial charge on any atom is 0.336 e. The number of ketones is 1. The van der Waals surface area contributed by atoms with Gasteiger partial charge in [-0.15, -0.1) is 0 Å². The Morgan fingerprint density at radius 2 is 1.89 bits per heavy atom. The lowest BCUT2D eigenvalue weighted by molar-refractivity contribution is -0.152. The molecule has 1 aliphatic heterocycles. The summed E-state index contributed by atoms with van der Waals surface area (Å²) in [5.41, 5.74) is 3.81. The molecule has 0 unspecified atom stereocenters. The van der Waals surface area contributed by atoms with Crippen molar-refractivity contribution in [3.63, 3.8) is 0 Å². The first kappa shape index (κ1) is 24.7. The van der Waals surface area contributed by atoms with E-state index in [-0.39, 0.29) is 19.0 Å². The molecule has 1 aliphatic carbocycles. The van der Waals surface area contributed by atoms with Crippen LogP contribution < -0.4 is 10.1 Å². The second-order valence-electron chi connectivity index (χ2n) is 8.45. The largest absolute Gasteiger partial charge is 0.497 e. The van der Waals surface area contributed by atoms with Crippen molar-refractivity contribution in [3.8, 4) is 5.75 Å². The Morgan fingerprint density at radius 3 is 2.54 bits per heavy atom. The molecule has 0 saturated carbocycles. The second kappa shape index (κ2) is 10.5. The van der Waals surface area contributed by atoms with Crippen molar-refractivity contribution in [2.45, 2.75) is 39.0 Å². The van der Waals surface area contributed by atoms with Crippen LogP contribution >= 0.6 is 11.3 Å². The Bertz CT molecular complexity index is 1200. The van der Waals surface area contributed by atoms with E-state index < -0.39 is 29.7 Å². The minimum Gasteiger partial charge on any atom is -0.497 e. The van der Waals surface area contributed by atoms with Crippen LogP contribution in [0.5, 0.6) is 5.75 Å². The van der Waals surface area contributed by atoms with Crippen LogP contribution in [-0.4, -0.2) is 38.0 Å². The van der Waals surface area contributed by atoms with Crippen molar-refractivity contribution in [3.05, 3.63) is 74.8 Å². The first-order chi connectivity index (χ1) is 16.9. The van der Waals surface area contributed by atoms with Crippen molar-refractivity contribution in [2.24, 2.45) is 5.92 Å². The molecule has 1 aromatic heterocycles. The molecule has 8 heteroatoms. The molecule has 1 aromatic carbocycles. The summed E-state index contributed by atoms with van der Waals surface area (Å²) in [4.78, 5) is 40.3. The number of dihydropyridines is 1. The van der Waals surface area contributed by atoms with E-state index in [1.165, 1.54) is 11.3 Å². The predicted octanol–water partition coefficient (Wildman–Crippen LogP) is 4.47. The monoisotopic (exact) mass is 495 g/mol. The van der Waals surface area contributed by atoms with Gasteiger partial charge in [0.2, 0.25) is 0 Å². The van der Waals surface area contributed by atoms with E-state index in [1.54, 1.807) is 21.0 Å². The molecule has 2 aromatic rings. The smallest absolute Gasteiger partial charge is 0.336 e. The number of allylic oxidation sites excluding steroid dienone is 3. The molecule has 0 fully saturated rings. The fourth-order valence-corrected chi connectivity index (χ4v) is 5.66. The highest BCUT2D eigenvalue weighted by molar-refractivity contribution is 7.08. The standard InChI is InChI=1S/C27H29NO6S/c1-5-33-26(30)21-15(3)28-20-13-19(16-8-7-9-18(12-16)32-4)23(27(31)34-6-2)25(29)24(20)22(21)17-10-11-35-14-17/h7-12,14,19,22-23,28H,5-6,13H2,1-4H3/t19-,22+,23-/m1/s1. The van der Waals surface area contributed by atoms with Crippen LogP contribution in [0.4, 0.5) is 0 Å². The molecule has 2 heterocycles. The summed E-state index contributed by atoms with van der Waals surface area (Å²) in [6.45, 7) is 5.67. The van der Waals surface area contributed by atoms with Crippen LogP contribution in [0.25, 0.3) is 0 Å². The Kier molecular flexibility index (Phi) is 7.40. The summed E-state index contributed by atoms with van der Waals surface area (Å²) in [6.07, 6.45) is 0.409. The van der Waals surface area contributed by atoms with E-state index in [9.17, 15) is 14.4 Å². The number of ether oxygens (including phenoxy) is 3. The van der Waals surface area contributed by atoms with Gasteiger partial charge >= 0.3 is 11.9 Å². The van der Waals surface area contributed by atoms with E-state index in [0.717, 1.165) is 11.1 Å². The second-order valence-corrected chi connectivity index (χ2v) is 9.23. The van der Waals surface area contributed by atoms with Gasteiger partial charge < -0.3 is 19.5 Å². The van der Waals surface area contributed by atoms with Crippen molar-refractivity contribution in [1.29, 1.82) is 0 Å². The Balaban J connectivity index is 1.87. The third-order valence-corrected chi connectivity index (χ3v) is 7.16. The van der Waals surface area contributed by atoms with E-state index >= 15 is 0 Å². The highest BCUT2D eigenvalue weighted by Gasteiger charge is 2.49. The van der Waals surface area contributed by atoms with Crippen molar-refractivity contribution < 1.29 is 28.6 Å². The summed E-state index contributed by atoms with van der Waals surface area (Å²) in [6, 6.07) is 9.31. The maximum absolute atomic E-state index is 14.2. The topological polar surface area (TPSA) is 90.9 Å². The number of thiophene rings is 1. The molecule has 7 nitrogen and oxygen atoms in total. The summed E-state index contributed by atoms with van der Waals surface area (Å²) in [5.74, 6) is -2.83. The summed E-state index contributed by atoms with van der Waals surface area (Å²) >= 11 is 1.48. The van der Waals surface area contributed by atoms with E-state index in [4.69, 9.17) is 14.2 Å². The minimum absolute atomic E-state index is 0.165. The molecule has 0 saturated heterocycles. The minimum atomic E-state index is -1.04. The lowest BCUT2D eigenvalue weighted by atomic mass is 9.67. The molecular weight excluding hydrogens is 466 g/mol. The molecule has 0 radical (unpaired) electrons. The molecule has 1 N–H and O–H groups in total. The molecule has 0 spiro atoms. The van der Waals surface area contributed by atoms with Gasteiger partial charge in [-0.25, -0.2) is 4.79 Å². The Morgan fingerprint density at radius 1 is 1.11 bits per heavy atom. The van der Waals surface area contributed by atoms with E-state index in [0.29, 0.717) is 34.7 Å². The third-order valence-electron chi connectivity index (χ3n) is 6.45. The number of carbonyl (C=O) groups excluding carboxylic acids is 3. The van der Waals surface area contributed by atoms with Crippen LogP contribution in [-0.2, 0) is 23.9 Å². The zero-order valence-electron chi connectivity index (χ0n) is 20.3. The van der Waals surface area contributed by atoms with E-state index in [2.05, 4.69) is 5.32 Å². The highest BCUT2D eigenvalue weighted by Crippen LogP contribution is 2.48. The van der Waals surface area contributed by atoms with Crippen molar-refractivity contribution in [1.82, 2.24) is 5.32 Å². The summed E-state index contributed by atoms with van der Waals surface area (Å²) < 4.78 is 16.1. The first-order valence-corrected chi connectivity index (χ1v) is 12.6. The molecule has 2 aliphatic rings. The SMILES string of the molecule is CCOC(=O)C1=C(C)NC2=C(C(=O)[C@H](C(=O)OCC)[C@@H](c3cccc(OC)c3)C2)[C@H]1c1ccsc1. The quantitative estimate of drug-likeness (QED) is 0.448. The van der Waals surface area contributed by atoms with Crippen LogP contribution in [0.15, 0.2) is 63.6 Å².